The summed E-state index contributed by atoms with van der Waals surface area (Å²) in [5.74, 6) is 0.419. The molecule has 2 aliphatic rings. The summed E-state index contributed by atoms with van der Waals surface area (Å²) in [6.45, 7) is 1.10. The van der Waals surface area contributed by atoms with Crippen molar-refractivity contribution in [2.45, 2.75) is 57.4 Å². The molecular weight excluding hydrogens is 537 g/mol. The van der Waals surface area contributed by atoms with Crippen LogP contribution in [0.25, 0.3) is 22.6 Å². The number of anilines is 1. The second-order valence-corrected chi connectivity index (χ2v) is 10.7. The van der Waals surface area contributed by atoms with E-state index < -0.39 is 6.29 Å². The maximum Gasteiger partial charge on any atom is 0.228 e. The number of H-pyrrole nitrogens is 1. The minimum atomic E-state index is -0.550. The van der Waals surface area contributed by atoms with Crippen LogP contribution in [0.3, 0.4) is 0 Å². The highest BCUT2D eigenvalue weighted by atomic mass is 19.1. The van der Waals surface area contributed by atoms with Gasteiger partial charge in [0.05, 0.1) is 42.6 Å². The molecular formula is C31H34FN7O3. The Morgan fingerprint density at radius 3 is 2.57 bits per heavy atom. The van der Waals surface area contributed by atoms with Gasteiger partial charge >= 0.3 is 0 Å². The van der Waals surface area contributed by atoms with E-state index in [1.165, 1.54) is 18.6 Å². The van der Waals surface area contributed by atoms with Crippen LogP contribution in [-0.2, 0) is 27.2 Å². The third-order valence-electron chi connectivity index (χ3n) is 7.60. The van der Waals surface area contributed by atoms with Gasteiger partial charge in [-0.05, 0) is 54.8 Å². The number of aromatic amines is 1. The molecule has 218 valence electrons. The number of rotatable bonds is 9. The SMILES string of the molecule is O=C(NC1CCCCC1)C1COC(Cc2nc(-c3ccc(F)cc3)c(-c3ccnc(NCc4cccnc4)n3)[nH]2)OC1. The van der Waals surface area contributed by atoms with Crippen LogP contribution in [0.4, 0.5) is 10.3 Å². The van der Waals surface area contributed by atoms with Gasteiger partial charge in [0.15, 0.2) is 6.29 Å². The maximum atomic E-state index is 13.7. The molecule has 3 aromatic heterocycles. The van der Waals surface area contributed by atoms with E-state index in [0.29, 0.717) is 55.0 Å². The highest BCUT2D eigenvalue weighted by Crippen LogP contribution is 2.30. The van der Waals surface area contributed by atoms with Gasteiger partial charge in [0.25, 0.3) is 0 Å². The number of nitrogens with one attached hydrogen (secondary N) is 3. The molecule has 0 bridgehead atoms. The molecule has 4 heterocycles. The van der Waals surface area contributed by atoms with Crippen molar-refractivity contribution in [3.63, 3.8) is 0 Å². The molecule has 1 amide bonds. The van der Waals surface area contributed by atoms with Gasteiger partial charge in [0.1, 0.15) is 11.6 Å². The number of aromatic nitrogens is 5. The molecule has 6 rings (SSSR count). The van der Waals surface area contributed by atoms with Crippen molar-refractivity contribution in [1.82, 2.24) is 30.2 Å². The van der Waals surface area contributed by atoms with Gasteiger partial charge in [0.2, 0.25) is 11.9 Å². The lowest BCUT2D eigenvalue weighted by atomic mass is 9.95. The fourth-order valence-corrected chi connectivity index (χ4v) is 5.32. The molecule has 0 radical (unpaired) electrons. The van der Waals surface area contributed by atoms with Crippen LogP contribution in [0.2, 0.25) is 0 Å². The molecule has 1 aliphatic carbocycles. The largest absolute Gasteiger partial charge is 0.353 e. The maximum absolute atomic E-state index is 13.7. The predicted octanol–water partition coefficient (Wildman–Crippen LogP) is 4.66. The van der Waals surface area contributed by atoms with Gasteiger partial charge in [-0.3, -0.25) is 9.78 Å². The van der Waals surface area contributed by atoms with Gasteiger partial charge < -0.3 is 25.1 Å². The quantitative estimate of drug-likeness (QED) is 0.265. The number of ether oxygens (including phenoxy) is 2. The summed E-state index contributed by atoms with van der Waals surface area (Å²) in [6, 6.07) is 12.1. The summed E-state index contributed by atoms with van der Waals surface area (Å²) >= 11 is 0. The molecule has 0 atom stereocenters. The van der Waals surface area contributed by atoms with Gasteiger partial charge in [0, 0.05) is 36.7 Å². The van der Waals surface area contributed by atoms with Crippen molar-refractivity contribution in [3.05, 3.63) is 78.3 Å². The number of hydrogen-bond donors (Lipinski definition) is 3. The van der Waals surface area contributed by atoms with E-state index in [9.17, 15) is 9.18 Å². The number of nitrogens with zero attached hydrogens (tertiary/aromatic N) is 4. The second-order valence-electron chi connectivity index (χ2n) is 10.7. The normalized spacial score (nSPS) is 19.4. The van der Waals surface area contributed by atoms with Crippen molar-refractivity contribution < 1.29 is 18.7 Å². The first-order chi connectivity index (χ1) is 20.6. The van der Waals surface area contributed by atoms with Crippen LogP contribution < -0.4 is 10.6 Å². The third-order valence-corrected chi connectivity index (χ3v) is 7.60. The van der Waals surface area contributed by atoms with Gasteiger partial charge in [-0.1, -0.05) is 25.3 Å². The van der Waals surface area contributed by atoms with Crippen molar-refractivity contribution in [2.24, 2.45) is 5.92 Å². The molecule has 0 spiro atoms. The molecule has 2 fully saturated rings. The second kappa shape index (κ2) is 13.2. The number of benzene rings is 1. The zero-order valence-electron chi connectivity index (χ0n) is 23.3. The smallest absolute Gasteiger partial charge is 0.228 e. The number of halogens is 1. The Kier molecular flexibility index (Phi) is 8.76. The molecule has 42 heavy (non-hydrogen) atoms. The molecule has 0 unspecified atom stereocenters. The number of hydrogen-bond acceptors (Lipinski definition) is 8. The van der Waals surface area contributed by atoms with Crippen LogP contribution >= 0.6 is 0 Å². The topological polar surface area (TPSA) is 127 Å². The molecule has 3 N–H and O–H groups in total. The van der Waals surface area contributed by atoms with E-state index in [1.54, 1.807) is 36.8 Å². The Balaban J connectivity index is 1.15. The lowest BCUT2D eigenvalue weighted by Gasteiger charge is -2.30. The van der Waals surface area contributed by atoms with Crippen LogP contribution in [0.15, 0.2) is 61.1 Å². The standard InChI is InChI=1S/C31H34FN7O3/c32-23-10-8-21(9-11-23)28-29(25-12-14-34-31(37-25)35-17-20-5-4-13-33-16-20)39-26(38-28)15-27-41-18-22(19-42-27)30(40)36-24-6-2-1-3-7-24/h4-5,8-14,16,22,24,27H,1-3,6-7,15,17-19H2,(H,36,40)(H,38,39)(H,34,35,37). The van der Waals surface area contributed by atoms with E-state index >= 15 is 0 Å². The first-order valence-electron chi connectivity index (χ1n) is 14.5. The highest BCUT2D eigenvalue weighted by Gasteiger charge is 2.30. The summed E-state index contributed by atoms with van der Waals surface area (Å²) in [6.07, 6.45) is 10.6. The number of carbonyl (C=O) groups is 1. The molecule has 1 aromatic carbocycles. The summed E-state index contributed by atoms with van der Waals surface area (Å²) in [5.41, 5.74) is 3.67. The average molecular weight is 572 g/mol. The number of amides is 1. The van der Waals surface area contributed by atoms with Crippen LogP contribution in [0, 0.1) is 11.7 Å². The number of carbonyl (C=O) groups excluding carboxylic acids is 1. The van der Waals surface area contributed by atoms with Crippen LogP contribution in [-0.4, -0.2) is 56.4 Å². The molecule has 1 aliphatic heterocycles. The predicted molar refractivity (Wildman–Crippen MR) is 154 cm³/mol. The summed E-state index contributed by atoms with van der Waals surface area (Å²) in [5, 5.41) is 6.39. The fraction of sp³-hybridized carbons (Fsp3) is 0.387. The Labute approximate surface area is 243 Å². The van der Waals surface area contributed by atoms with E-state index in [0.717, 1.165) is 36.8 Å². The molecule has 10 nitrogen and oxygen atoms in total. The number of pyridine rings is 1. The zero-order chi connectivity index (χ0) is 28.7. The Morgan fingerprint density at radius 2 is 1.81 bits per heavy atom. The highest BCUT2D eigenvalue weighted by molar-refractivity contribution is 5.79. The Bertz CT molecular complexity index is 1470. The van der Waals surface area contributed by atoms with Crippen molar-refractivity contribution >= 4 is 11.9 Å². The first kappa shape index (κ1) is 27.9. The van der Waals surface area contributed by atoms with Crippen molar-refractivity contribution in [2.75, 3.05) is 18.5 Å². The Morgan fingerprint density at radius 1 is 1.00 bits per heavy atom. The molecule has 1 saturated carbocycles. The molecule has 1 saturated heterocycles. The van der Waals surface area contributed by atoms with Gasteiger partial charge in [-0.15, -0.1) is 0 Å². The van der Waals surface area contributed by atoms with Gasteiger partial charge in [-0.2, -0.15) is 0 Å². The van der Waals surface area contributed by atoms with E-state index in [1.807, 2.05) is 12.1 Å². The van der Waals surface area contributed by atoms with E-state index in [4.69, 9.17) is 19.4 Å². The zero-order valence-corrected chi connectivity index (χ0v) is 23.3. The summed E-state index contributed by atoms with van der Waals surface area (Å²) < 4.78 is 25.6. The van der Waals surface area contributed by atoms with E-state index in [2.05, 4.69) is 25.6 Å². The molecule has 4 aromatic rings. The van der Waals surface area contributed by atoms with Crippen LogP contribution in [0.5, 0.6) is 0 Å². The summed E-state index contributed by atoms with van der Waals surface area (Å²) in [4.78, 5) is 34.1. The van der Waals surface area contributed by atoms with Crippen molar-refractivity contribution in [3.8, 4) is 22.6 Å². The van der Waals surface area contributed by atoms with Crippen LogP contribution in [0.1, 0.15) is 43.5 Å². The lowest BCUT2D eigenvalue weighted by molar-refractivity contribution is -0.201. The Hall–Kier alpha value is -4.22. The van der Waals surface area contributed by atoms with Crippen molar-refractivity contribution in [1.29, 1.82) is 0 Å². The van der Waals surface area contributed by atoms with E-state index in [-0.39, 0.29) is 23.7 Å². The average Bonchev–Trinajstić information content (AvgIpc) is 3.45. The monoisotopic (exact) mass is 571 g/mol. The minimum Gasteiger partial charge on any atom is -0.353 e. The van der Waals surface area contributed by atoms with Gasteiger partial charge in [-0.25, -0.2) is 19.3 Å². The fourth-order valence-electron chi connectivity index (χ4n) is 5.32. The lowest BCUT2D eigenvalue weighted by Crippen LogP contribution is -2.46. The number of imidazole rings is 1. The molecule has 11 heteroatoms. The summed E-state index contributed by atoms with van der Waals surface area (Å²) in [7, 11) is 0. The first-order valence-corrected chi connectivity index (χ1v) is 14.5. The third kappa shape index (κ3) is 6.97. The minimum absolute atomic E-state index is 0.00377.